The maximum Gasteiger partial charge on any atom is 0.0954 e. The van der Waals surface area contributed by atoms with E-state index < -0.39 is 0 Å². The quantitative estimate of drug-likeness (QED) is 0.405. The molecule has 0 saturated carbocycles. The van der Waals surface area contributed by atoms with Crippen LogP contribution in [0, 0.1) is 4.91 Å². The summed E-state index contributed by atoms with van der Waals surface area (Å²) in [5.74, 6) is 0. The molecule has 0 aromatic rings. The number of aliphatic hydroxyl groups excluding tert-OH is 1. The van der Waals surface area contributed by atoms with Crippen molar-refractivity contribution >= 4 is 0 Å². The molecule has 48 valence electrons. The molecular formula is C4H10N2O2. The predicted octanol–water partition coefficient (Wildman–Crippen LogP) is -0.366. The first-order valence-corrected chi connectivity index (χ1v) is 2.39. The van der Waals surface area contributed by atoms with Gasteiger partial charge in [0.2, 0.25) is 0 Å². The molecule has 0 aromatic carbocycles. The summed E-state index contributed by atoms with van der Waals surface area (Å²) in [6.07, 6.45) is 0. The lowest BCUT2D eigenvalue weighted by Crippen LogP contribution is -2.21. The smallest absolute Gasteiger partial charge is 0.0954 e. The van der Waals surface area contributed by atoms with Gasteiger partial charge < -0.3 is 5.11 Å². The molecule has 0 heterocycles. The van der Waals surface area contributed by atoms with Crippen LogP contribution < -0.4 is 0 Å². The Bertz CT molecular complexity index is 67.1. The van der Waals surface area contributed by atoms with E-state index in [4.69, 9.17) is 5.11 Å². The van der Waals surface area contributed by atoms with Crippen molar-refractivity contribution in [1.82, 2.24) is 4.90 Å². The molecule has 8 heavy (non-hydrogen) atoms. The molecule has 0 aliphatic rings. The van der Waals surface area contributed by atoms with E-state index in [2.05, 4.69) is 5.18 Å². The molecule has 4 heteroatoms. The Kier molecular flexibility index (Phi) is 4.39. The second-order valence-corrected chi connectivity index (χ2v) is 1.57. The number of aliphatic hydroxyl groups is 1. The fraction of sp³-hybridized carbons (Fsp3) is 1.00. The Morgan fingerprint density at radius 3 is 2.75 bits per heavy atom. The zero-order valence-electron chi connectivity index (χ0n) is 4.87. The van der Waals surface area contributed by atoms with Gasteiger partial charge in [-0.05, 0) is 7.05 Å². The van der Waals surface area contributed by atoms with Crippen LogP contribution in [0.1, 0.15) is 0 Å². The van der Waals surface area contributed by atoms with Gasteiger partial charge in [0, 0.05) is 6.54 Å². The van der Waals surface area contributed by atoms with Crippen LogP contribution in [0.5, 0.6) is 0 Å². The van der Waals surface area contributed by atoms with Gasteiger partial charge in [-0.3, -0.25) is 4.90 Å². The van der Waals surface area contributed by atoms with Crippen LogP contribution in [0.3, 0.4) is 0 Å². The zero-order chi connectivity index (χ0) is 6.41. The van der Waals surface area contributed by atoms with Crippen LogP contribution in [-0.4, -0.2) is 36.9 Å². The van der Waals surface area contributed by atoms with Gasteiger partial charge in [0.05, 0.1) is 13.3 Å². The van der Waals surface area contributed by atoms with E-state index >= 15 is 0 Å². The molecule has 0 bridgehead atoms. The van der Waals surface area contributed by atoms with Gasteiger partial charge in [0.1, 0.15) is 0 Å². The van der Waals surface area contributed by atoms with Gasteiger partial charge in [-0.2, -0.15) is 4.91 Å². The minimum absolute atomic E-state index is 0.0183. The Hall–Kier alpha value is -0.480. The van der Waals surface area contributed by atoms with Crippen molar-refractivity contribution in [3.05, 3.63) is 4.91 Å². The van der Waals surface area contributed by atoms with Crippen molar-refractivity contribution in [3.63, 3.8) is 0 Å². The van der Waals surface area contributed by atoms with Crippen molar-refractivity contribution in [3.8, 4) is 0 Å². The Morgan fingerprint density at radius 2 is 2.38 bits per heavy atom. The van der Waals surface area contributed by atoms with E-state index in [0.29, 0.717) is 6.54 Å². The normalized spacial score (nSPS) is 9.88. The summed E-state index contributed by atoms with van der Waals surface area (Å²) in [7, 11) is 1.71. The van der Waals surface area contributed by atoms with Crippen LogP contribution >= 0.6 is 0 Å². The second-order valence-electron chi connectivity index (χ2n) is 1.57. The van der Waals surface area contributed by atoms with Gasteiger partial charge in [-0.15, -0.1) is 0 Å². The average Bonchev–Trinajstić information content (AvgIpc) is 1.83. The van der Waals surface area contributed by atoms with Gasteiger partial charge in [0.25, 0.3) is 0 Å². The maximum absolute atomic E-state index is 9.47. The molecule has 0 atom stereocenters. The van der Waals surface area contributed by atoms with Crippen molar-refractivity contribution < 1.29 is 5.11 Å². The first-order chi connectivity index (χ1) is 3.81. The highest BCUT2D eigenvalue weighted by Gasteiger charge is 1.91. The fourth-order valence-corrected chi connectivity index (χ4v) is 0.282. The standard InChI is InChI=1S/C4H10N2O2/c1-6(4-7)3-2-5-8/h7H,2-4H2,1H3. The highest BCUT2D eigenvalue weighted by Crippen LogP contribution is 1.76. The Labute approximate surface area is 48.1 Å². The highest BCUT2D eigenvalue weighted by molar-refractivity contribution is 4.46. The largest absolute Gasteiger partial charge is 0.381 e. The lowest BCUT2D eigenvalue weighted by atomic mass is 10.6. The number of likely N-dealkylation sites (N-methyl/N-ethyl adjacent to an activating group) is 1. The second kappa shape index (κ2) is 4.67. The van der Waals surface area contributed by atoms with Crippen molar-refractivity contribution in [2.45, 2.75) is 0 Å². The molecule has 4 nitrogen and oxygen atoms in total. The monoisotopic (exact) mass is 118 g/mol. The van der Waals surface area contributed by atoms with E-state index in [1.807, 2.05) is 0 Å². The molecule has 1 N–H and O–H groups in total. The van der Waals surface area contributed by atoms with Gasteiger partial charge in [0.15, 0.2) is 0 Å². The fourth-order valence-electron chi connectivity index (χ4n) is 0.282. The third kappa shape index (κ3) is 3.70. The molecule has 0 aliphatic carbocycles. The first kappa shape index (κ1) is 7.52. The summed E-state index contributed by atoms with van der Waals surface area (Å²) in [5, 5.41) is 11.0. The maximum atomic E-state index is 9.47. The predicted molar refractivity (Wildman–Crippen MR) is 30.4 cm³/mol. The summed E-state index contributed by atoms with van der Waals surface area (Å²) in [4.78, 5) is 11.1. The molecule has 0 unspecified atom stereocenters. The van der Waals surface area contributed by atoms with E-state index in [1.165, 1.54) is 0 Å². The number of nitroso groups, excluding NO2 is 1. The molecule has 0 amide bonds. The molecule has 0 rings (SSSR count). The number of hydrogen-bond acceptors (Lipinski definition) is 4. The average molecular weight is 118 g/mol. The SMILES string of the molecule is CN(CO)CCN=O. The molecular weight excluding hydrogens is 108 g/mol. The van der Waals surface area contributed by atoms with Gasteiger partial charge >= 0.3 is 0 Å². The van der Waals surface area contributed by atoms with Gasteiger partial charge in [-0.1, -0.05) is 5.18 Å². The van der Waals surface area contributed by atoms with Gasteiger partial charge in [-0.25, -0.2) is 0 Å². The van der Waals surface area contributed by atoms with Crippen molar-refractivity contribution in [2.75, 3.05) is 26.9 Å². The van der Waals surface area contributed by atoms with E-state index in [-0.39, 0.29) is 13.3 Å². The lowest BCUT2D eigenvalue weighted by Gasteiger charge is -2.08. The first-order valence-electron chi connectivity index (χ1n) is 2.39. The number of rotatable bonds is 4. The minimum atomic E-state index is -0.0183. The summed E-state index contributed by atoms with van der Waals surface area (Å²) in [6, 6.07) is 0. The summed E-state index contributed by atoms with van der Waals surface area (Å²) < 4.78 is 0. The van der Waals surface area contributed by atoms with Crippen molar-refractivity contribution in [2.24, 2.45) is 5.18 Å². The third-order valence-electron chi connectivity index (χ3n) is 0.814. The number of hydrogen-bond donors (Lipinski definition) is 1. The van der Waals surface area contributed by atoms with Crippen LogP contribution in [-0.2, 0) is 0 Å². The molecule has 0 aromatic heterocycles. The number of nitrogens with zero attached hydrogens (tertiary/aromatic N) is 2. The van der Waals surface area contributed by atoms with E-state index in [0.717, 1.165) is 0 Å². The molecule has 0 saturated heterocycles. The van der Waals surface area contributed by atoms with Crippen LogP contribution in [0.2, 0.25) is 0 Å². The lowest BCUT2D eigenvalue weighted by molar-refractivity contribution is 0.136. The molecule has 0 radical (unpaired) electrons. The zero-order valence-corrected chi connectivity index (χ0v) is 4.87. The molecule has 0 spiro atoms. The van der Waals surface area contributed by atoms with Crippen LogP contribution in [0.15, 0.2) is 5.18 Å². The Morgan fingerprint density at radius 1 is 1.75 bits per heavy atom. The van der Waals surface area contributed by atoms with Crippen LogP contribution in [0.4, 0.5) is 0 Å². The topological polar surface area (TPSA) is 52.9 Å². The van der Waals surface area contributed by atoms with E-state index in [9.17, 15) is 4.91 Å². The highest BCUT2D eigenvalue weighted by atomic mass is 16.3. The summed E-state index contributed by atoms with van der Waals surface area (Å²) in [6.45, 7) is 0.757. The summed E-state index contributed by atoms with van der Waals surface area (Å²) in [5.41, 5.74) is 0. The molecule has 0 aliphatic heterocycles. The summed E-state index contributed by atoms with van der Waals surface area (Å²) >= 11 is 0. The Balaban J connectivity index is 2.97. The third-order valence-corrected chi connectivity index (χ3v) is 0.814. The minimum Gasteiger partial charge on any atom is -0.381 e. The van der Waals surface area contributed by atoms with E-state index in [1.54, 1.807) is 11.9 Å². The molecule has 0 fully saturated rings. The van der Waals surface area contributed by atoms with Crippen molar-refractivity contribution in [1.29, 1.82) is 0 Å². The van der Waals surface area contributed by atoms with Crippen LogP contribution in [0.25, 0.3) is 0 Å².